The minimum Gasteiger partial charge on any atom is -0.362 e. The van der Waals surface area contributed by atoms with Crippen LogP contribution in [0.4, 0.5) is 11.5 Å². The van der Waals surface area contributed by atoms with Crippen molar-refractivity contribution in [1.82, 2.24) is 4.98 Å². The molecule has 1 heterocycles. The predicted molar refractivity (Wildman–Crippen MR) is 82.4 cm³/mol. The Balaban J connectivity index is 2.31. The first-order chi connectivity index (χ1) is 9.49. The van der Waals surface area contributed by atoms with Crippen LogP contribution in [-0.4, -0.2) is 25.0 Å². The Morgan fingerprint density at radius 1 is 1.20 bits per heavy atom. The Morgan fingerprint density at radius 2 is 1.95 bits per heavy atom. The zero-order valence-corrected chi connectivity index (χ0v) is 12.3. The SMILES string of the molecule is Cc1ccc(C)c(NC(=O)c2cccnc2N(C)C)c1. The Kier molecular flexibility index (Phi) is 4.03. The van der Waals surface area contributed by atoms with Crippen molar-refractivity contribution >= 4 is 17.4 Å². The standard InChI is InChI=1S/C16H19N3O/c1-11-7-8-12(2)14(10-11)18-16(20)13-6-5-9-17-15(13)19(3)4/h5-10H,1-4H3,(H,18,20). The molecule has 1 N–H and O–H groups in total. The molecule has 1 aromatic heterocycles. The van der Waals surface area contributed by atoms with Gasteiger partial charge in [-0.1, -0.05) is 12.1 Å². The lowest BCUT2D eigenvalue weighted by molar-refractivity contribution is 0.102. The molecule has 0 unspecified atom stereocenters. The number of nitrogens with zero attached hydrogens (tertiary/aromatic N) is 2. The lowest BCUT2D eigenvalue weighted by Crippen LogP contribution is -2.20. The monoisotopic (exact) mass is 269 g/mol. The minimum atomic E-state index is -0.143. The number of hydrogen-bond donors (Lipinski definition) is 1. The van der Waals surface area contributed by atoms with Crippen LogP contribution in [0, 0.1) is 13.8 Å². The molecule has 4 nitrogen and oxygen atoms in total. The van der Waals surface area contributed by atoms with E-state index in [2.05, 4.69) is 10.3 Å². The fraction of sp³-hybridized carbons (Fsp3) is 0.250. The van der Waals surface area contributed by atoms with E-state index in [0.29, 0.717) is 11.4 Å². The average molecular weight is 269 g/mol. The first-order valence-electron chi connectivity index (χ1n) is 6.50. The van der Waals surface area contributed by atoms with Crippen LogP contribution in [0.15, 0.2) is 36.5 Å². The highest BCUT2D eigenvalue weighted by atomic mass is 16.1. The van der Waals surface area contributed by atoms with Gasteiger partial charge in [0.1, 0.15) is 5.82 Å². The number of pyridine rings is 1. The molecule has 0 aliphatic rings. The second kappa shape index (κ2) is 5.74. The van der Waals surface area contributed by atoms with Crippen molar-refractivity contribution in [2.75, 3.05) is 24.3 Å². The van der Waals surface area contributed by atoms with E-state index in [-0.39, 0.29) is 5.91 Å². The molecular weight excluding hydrogens is 250 g/mol. The van der Waals surface area contributed by atoms with E-state index in [1.807, 2.05) is 51.0 Å². The van der Waals surface area contributed by atoms with E-state index in [9.17, 15) is 4.79 Å². The number of anilines is 2. The molecule has 0 fully saturated rings. The maximum Gasteiger partial charge on any atom is 0.259 e. The van der Waals surface area contributed by atoms with Crippen LogP contribution in [0.1, 0.15) is 21.5 Å². The molecule has 0 radical (unpaired) electrons. The van der Waals surface area contributed by atoms with Gasteiger partial charge in [0.25, 0.3) is 5.91 Å². The summed E-state index contributed by atoms with van der Waals surface area (Å²) in [6.45, 7) is 3.98. The van der Waals surface area contributed by atoms with Crippen molar-refractivity contribution in [3.8, 4) is 0 Å². The van der Waals surface area contributed by atoms with Gasteiger partial charge in [-0.2, -0.15) is 0 Å². The van der Waals surface area contributed by atoms with Gasteiger partial charge in [-0.05, 0) is 43.2 Å². The zero-order chi connectivity index (χ0) is 14.7. The highest BCUT2D eigenvalue weighted by Gasteiger charge is 2.14. The van der Waals surface area contributed by atoms with Gasteiger partial charge < -0.3 is 10.2 Å². The minimum absolute atomic E-state index is 0.143. The Hall–Kier alpha value is -2.36. The van der Waals surface area contributed by atoms with Crippen molar-refractivity contribution in [1.29, 1.82) is 0 Å². The van der Waals surface area contributed by atoms with Crippen LogP contribution >= 0.6 is 0 Å². The molecule has 104 valence electrons. The van der Waals surface area contributed by atoms with E-state index in [4.69, 9.17) is 0 Å². The third-order valence-corrected chi connectivity index (χ3v) is 3.10. The second-order valence-corrected chi connectivity index (χ2v) is 5.04. The number of carbonyl (C=O) groups excluding carboxylic acids is 1. The maximum atomic E-state index is 12.4. The maximum absolute atomic E-state index is 12.4. The largest absolute Gasteiger partial charge is 0.362 e. The number of hydrogen-bond acceptors (Lipinski definition) is 3. The molecule has 0 spiro atoms. The summed E-state index contributed by atoms with van der Waals surface area (Å²) in [7, 11) is 3.74. The van der Waals surface area contributed by atoms with Crippen molar-refractivity contribution in [3.63, 3.8) is 0 Å². The lowest BCUT2D eigenvalue weighted by Gasteiger charge is -2.16. The summed E-state index contributed by atoms with van der Waals surface area (Å²) >= 11 is 0. The van der Waals surface area contributed by atoms with Gasteiger partial charge in [-0.3, -0.25) is 4.79 Å². The average Bonchev–Trinajstić information content (AvgIpc) is 2.42. The fourth-order valence-corrected chi connectivity index (χ4v) is 1.99. The van der Waals surface area contributed by atoms with Gasteiger partial charge in [0, 0.05) is 26.0 Å². The highest BCUT2D eigenvalue weighted by molar-refractivity contribution is 6.07. The number of aromatic nitrogens is 1. The Bertz CT molecular complexity index is 635. The Labute approximate surface area is 119 Å². The first kappa shape index (κ1) is 14.1. The van der Waals surface area contributed by atoms with Gasteiger partial charge in [-0.15, -0.1) is 0 Å². The second-order valence-electron chi connectivity index (χ2n) is 5.04. The van der Waals surface area contributed by atoms with Crippen molar-refractivity contribution < 1.29 is 4.79 Å². The lowest BCUT2D eigenvalue weighted by atomic mass is 10.1. The Morgan fingerprint density at radius 3 is 2.65 bits per heavy atom. The predicted octanol–water partition coefficient (Wildman–Crippen LogP) is 3.02. The van der Waals surface area contributed by atoms with Crippen LogP contribution in [0.3, 0.4) is 0 Å². The number of nitrogens with one attached hydrogen (secondary N) is 1. The number of amides is 1. The van der Waals surface area contributed by atoms with Gasteiger partial charge in [0.15, 0.2) is 0 Å². The van der Waals surface area contributed by atoms with Crippen molar-refractivity contribution in [2.24, 2.45) is 0 Å². The smallest absolute Gasteiger partial charge is 0.259 e. The van der Waals surface area contributed by atoms with E-state index in [0.717, 1.165) is 16.8 Å². The summed E-state index contributed by atoms with van der Waals surface area (Å²) in [4.78, 5) is 18.5. The van der Waals surface area contributed by atoms with Crippen LogP contribution in [0.5, 0.6) is 0 Å². The van der Waals surface area contributed by atoms with Gasteiger partial charge in [-0.25, -0.2) is 4.98 Å². The van der Waals surface area contributed by atoms with E-state index >= 15 is 0 Å². The van der Waals surface area contributed by atoms with E-state index < -0.39 is 0 Å². The molecule has 2 rings (SSSR count). The molecule has 2 aromatic rings. The molecular formula is C16H19N3O. The summed E-state index contributed by atoms with van der Waals surface area (Å²) in [5.74, 6) is 0.519. The normalized spacial score (nSPS) is 10.2. The highest BCUT2D eigenvalue weighted by Crippen LogP contribution is 2.20. The number of benzene rings is 1. The quantitative estimate of drug-likeness (QED) is 0.931. The number of carbonyl (C=O) groups is 1. The zero-order valence-electron chi connectivity index (χ0n) is 12.3. The van der Waals surface area contributed by atoms with Crippen molar-refractivity contribution in [3.05, 3.63) is 53.2 Å². The van der Waals surface area contributed by atoms with Crippen molar-refractivity contribution in [2.45, 2.75) is 13.8 Å². The molecule has 20 heavy (non-hydrogen) atoms. The molecule has 0 bridgehead atoms. The van der Waals surface area contributed by atoms with E-state index in [1.54, 1.807) is 18.3 Å². The molecule has 4 heteroatoms. The van der Waals surface area contributed by atoms with E-state index in [1.165, 1.54) is 0 Å². The third kappa shape index (κ3) is 2.96. The third-order valence-electron chi connectivity index (χ3n) is 3.10. The summed E-state index contributed by atoms with van der Waals surface area (Å²) in [6, 6.07) is 9.55. The molecule has 0 aliphatic heterocycles. The van der Waals surface area contributed by atoms with Gasteiger partial charge in [0.2, 0.25) is 0 Å². The number of aryl methyl sites for hydroxylation is 2. The molecule has 0 aliphatic carbocycles. The molecule has 0 atom stereocenters. The summed E-state index contributed by atoms with van der Waals surface area (Å²) in [6.07, 6.45) is 1.68. The van der Waals surface area contributed by atoms with Gasteiger partial charge in [0.05, 0.1) is 5.56 Å². The molecule has 0 saturated carbocycles. The topological polar surface area (TPSA) is 45.2 Å². The summed E-state index contributed by atoms with van der Waals surface area (Å²) in [5.41, 5.74) is 3.56. The van der Waals surface area contributed by atoms with Crippen LogP contribution in [0.25, 0.3) is 0 Å². The molecule has 1 aromatic carbocycles. The fourth-order valence-electron chi connectivity index (χ4n) is 1.99. The molecule has 0 saturated heterocycles. The van der Waals surface area contributed by atoms with Crippen LogP contribution in [0.2, 0.25) is 0 Å². The van der Waals surface area contributed by atoms with Gasteiger partial charge >= 0.3 is 0 Å². The summed E-state index contributed by atoms with van der Waals surface area (Å²) < 4.78 is 0. The van der Waals surface area contributed by atoms with Crippen LogP contribution < -0.4 is 10.2 Å². The first-order valence-corrected chi connectivity index (χ1v) is 6.50. The summed E-state index contributed by atoms with van der Waals surface area (Å²) in [5, 5.41) is 2.96. The van der Waals surface area contributed by atoms with Crippen LogP contribution in [-0.2, 0) is 0 Å². The number of rotatable bonds is 3. The molecule has 1 amide bonds.